The molecule has 0 unspecified atom stereocenters. The topological polar surface area (TPSA) is 35.2 Å². The number of thiocarbonyl (C=S) groups is 1. The van der Waals surface area contributed by atoms with Gasteiger partial charge in [-0.3, -0.25) is 0 Å². The van der Waals surface area contributed by atoms with Crippen LogP contribution in [0.2, 0.25) is 0 Å². The number of methoxy groups -OCH3 is 1. The maximum absolute atomic E-state index is 5.48. The van der Waals surface area contributed by atoms with Crippen LogP contribution in [0.5, 0.6) is 5.75 Å². The number of rotatable bonds is 2. The summed E-state index contributed by atoms with van der Waals surface area (Å²) in [7, 11) is 1.62. The summed E-state index contributed by atoms with van der Waals surface area (Å²) in [6.45, 7) is 1.98. The van der Waals surface area contributed by atoms with Crippen molar-refractivity contribution in [2.75, 3.05) is 7.11 Å². The Morgan fingerprint density at radius 1 is 1.42 bits per heavy atom. The van der Waals surface area contributed by atoms with Crippen molar-refractivity contribution >= 4 is 17.2 Å². The van der Waals surface area contributed by atoms with Gasteiger partial charge in [-0.05, 0) is 30.7 Å². The molecular weight excluding hydrogens is 170 g/mol. The molecule has 0 aliphatic rings. The summed E-state index contributed by atoms with van der Waals surface area (Å²) in [6.07, 6.45) is 0. The molecule has 0 aliphatic heterocycles. The zero-order valence-corrected chi connectivity index (χ0v) is 7.94. The fourth-order valence-electron chi connectivity index (χ4n) is 1.01. The van der Waals surface area contributed by atoms with E-state index in [9.17, 15) is 0 Å². The normalized spacial score (nSPS) is 9.50. The molecule has 0 aliphatic carbocycles. The van der Waals surface area contributed by atoms with Gasteiger partial charge < -0.3 is 10.5 Å². The molecule has 0 saturated heterocycles. The van der Waals surface area contributed by atoms with Gasteiger partial charge in [-0.2, -0.15) is 0 Å². The summed E-state index contributed by atoms with van der Waals surface area (Å²) in [6, 6.07) is 5.70. The fraction of sp³-hybridized carbons (Fsp3) is 0.222. The minimum Gasteiger partial charge on any atom is -0.497 e. The standard InChI is InChI=1S/C9H11NOS/c1-6-3-7(9(10)12)5-8(4-6)11-2/h3-5H,1-2H3,(H2,10,12). The first-order chi connectivity index (χ1) is 5.63. The van der Waals surface area contributed by atoms with Gasteiger partial charge in [0, 0.05) is 5.56 Å². The Kier molecular flexibility index (Phi) is 2.65. The average molecular weight is 181 g/mol. The van der Waals surface area contributed by atoms with Crippen LogP contribution in [-0.2, 0) is 0 Å². The van der Waals surface area contributed by atoms with Crippen molar-refractivity contribution in [1.82, 2.24) is 0 Å². The Hall–Kier alpha value is -1.09. The van der Waals surface area contributed by atoms with Crippen LogP contribution in [0.4, 0.5) is 0 Å². The van der Waals surface area contributed by atoms with Crippen molar-refractivity contribution in [3.63, 3.8) is 0 Å². The lowest BCUT2D eigenvalue weighted by atomic mass is 10.1. The predicted octanol–water partition coefficient (Wildman–Crippen LogP) is 1.64. The van der Waals surface area contributed by atoms with E-state index < -0.39 is 0 Å². The fourth-order valence-corrected chi connectivity index (χ4v) is 1.13. The Morgan fingerprint density at radius 2 is 2.08 bits per heavy atom. The number of hydrogen-bond donors (Lipinski definition) is 1. The quantitative estimate of drug-likeness (QED) is 0.704. The molecular formula is C9H11NOS. The second-order valence-electron chi connectivity index (χ2n) is 2.60. The van der Waals surface area contributed by atoms with Gasteiger partial charge in [0.1, 0.15) is 10.7 Å². The van der Waals surface area contributed by atoms with Gasteiger partial charge >= 0.3 is 0 Å². The number of aryl methyl sites for hydroxylation is 1. The lowest BCUT2D eigenvalue weighted by Gasteiger charge is -2.04. The Bertz CT molecular complexity index is 309. The molecule has 1 aromatic carbocycles. The Morgan fingerprint density at radius 3 is 2.58 bits per heavy atom. The van der Waals surface area contributed by atoms with E-state index in [0.29, 0.717) is 4.99 Å². The van der Waals surface area contributed by atoms with Crippen molar-refractivity contribution in [2.24, 2.45) is 5.73 Å². The van der Waals surface area contributed by atoms with Crippen LogP contribution in [-0.4, -0.2) is 12.1 Å². The maximum Gasteiger partial charge on any atom is 0.119 e. The molecule has 64 valence electrons. The van der Waals surface area contributed by atoms with E-state index in [1.54, 1.807) is 7.11 Å². The number of benzene rings is 1. The summed E-state index contributed by atoms with van der Waals surface area (Å²) < 4.78 is 5.07. The summed E-state index contributed by atoms with van der Waals surface area (Å²) in [5.41, 5.74) is 7.43. The Labute approximate surface area is 77.3 Å². The first-order valence-electron chi connectivity index (χ1n) is 3.59. The van der Waals surface area contributed by atoms with Gasteiger partial charge in [-0.25, -0.2) is 0 Å². The van der Waals surface area contributed by atoms with E-state index in [0.717, 1.165) is 16.9 Å². The van der Waals surface area contributed by atoms with Crippen molar-refractivity contribution < 1.29 is 4.74 Å². The van der Waals surface area contributed by atoms with Crippen LogP contribution in [0.15, 0.2) is 18.2 Å². The summed E-state index contributed by atoms with van der Waals surface area (Å²) in [4.78, 5) is 0.400. The van der Waals surface area contributed by atoms with Crippen molar-refractivity contribution in [1.29, 1.82) is 0 Å². The summed E-state index contributed by atoms with van der Waals surface area (Å²) >= 11 is 4.85. The zero-order chi connectivity index (χ0) is 9.14. The summed E-state index contributed by atoms with van der Waals surface area (Å²) in [5, 5.41) is 0. The van der Waals surface area contributed by atoms with Crippen LogP contribution < -0.4 is 10.5 Å². The molecule has 12 heavy (non-hydrogen) atoms. The van der Waals surface area contributed by atoms with E-state index >= 15 is 0 Å². The molecule has 3 heteroatoms. The highest BCUT2D eigenvalue weighted by molar-refractivity contribution is 7.80. The average Bonchev–Trinajstić information content (AvgIpc) is 2.03. The third-order valence-electron chi connectivity index (χ3n) is 1.57. The molecule has 0 radical (unpaired) electrons. The molecule has 1 rings (SSSR count). The van der Waals surface area contributed by atoms with Gasteiger partial charge in [0.2, 0.25) is 0 Å². The smallest absolute Gasteiger partial charge is 0.119 e. The molecule has 0 amide bonds. The number of hydrogen-bond acceptors (Lipinski definition) is 2. The van der Waals surface area contributed by atoms with Crippen LogP contribution in [0.25, 0.3) is 0 Å². The third-order valence-corrected chi connectivity index (χ3v) is 1.81. The van der Waals surface area contributed by atoms with Gasteiger partial charge in [0.05, 0.1) is 7.11 Å². The van der Waals surface area contributed by atoms with E-state index in [1.807, 2.05) is 25.1 Å². The second-order valence-corrected chi connectivity index (χ2v) is 3.04. The number of nitrogens with two attached hydrogens (primary N) is 1. The predicted molar refractivity (Wildman–Crippen MR) is 53.6 cm³/mol. The SMILES string of the molecule is COc1cc(C)cc(C(N)=S)c1. The van der Waals surface area contributed by atoms with Crippen molar-refractivity contribution in [3.05, 3.63) is 29.3 Å². The maximum atomic E-state index is 5.48. The van der Waals surface area contributed by atoms with E-state index in [1.165, 1.54) is 0 Å². The molecule has 0 saturated carbocycles. The molecule has 0 fully saturated rings. The molecule has 0 atom stereocenters. The first-order valence-corrected chi connectivity index (χ1v) is 4.00. The second kappa shape index (κ2) is 3.54. The van der Waals surface area contributed by atoms with Crippen molar-refractivity contribution in [3.8, 4) is 5.75 Å². The van der Waals surface area contributed by atoms with Crippen LogP contribution >= 0.6 is 12.2 Å². The van der Waals surface area contributed by atoms with Crippen LogP contribution in [0, 0.1) is 6.92 Å². The summed E-state index contributed by atoms with van der Waals surface area (Å²) in [5.74, 6) is 0.790. The monoisotopic (exact) mass is 181 g/mol. The minimum atomic E-state index is 0.400. The zero-order valence-electron chi connectivity index (χ0n) is 7.13. The van der Waals surface area contributed by atoms with Crippen LogP contribution in [0.3, 0.4) is 0 Å². The third kappa shape index (κ3) is 1.95. The van der Waals surface area contributed by atoms with Gasteiger partial charge in [-0.1, -0.05) is 12.2 Å². The Balaban J connectivity index is 3.15. The van der Waals surface area contributed by atoms with Crippen molar-refractivity contribution in [2.45, 2.75) is 6.92 Å². The largest absolute Gasteiger partial charge is 0.497 e. The van der Waals surface area contributed by atoms with Gasteiger partial charge in [-0.15, -0.1) is 0 Å². The molecule has 0 heterocycles. The van der Waals surface area contributed by atoms with E-state index in [-0.39, 0.29) is 0 Å². The molecule has 0 spiro atoms. The molecule has 0 aromatic heterocycles. The van der Waals surface area contributed by atoms with Gasteiger partial charge in [0.15, 0.2) is 0 Å². The molecule has 1 aromatic rings. The molecule has 0 bridgehead atoms. The first kappa shape index (κ1) is 9.00. The highest BCUT2D eigenvalue weighted by Gasteiger charge is 1.99. The van der Waals surface area contributed by atoms with Crippen LogP contribution in [0.1, 0.15) is 11.1 Å². The lowest BCUT2D eigenvalue weighted by molar-refractivity contribution is 0.414. The molecule has 2 nitrogen and oxygen atoms in total. The highest BCUT2D eigenvalue weighted by Crippen LogP contribution is 2.15. The molecule has 2 N–H and O–H groups in total. The number of ether oxygens (including phenoxy) is 1. The van der Waals surface area contributed by atoms with E-state index in [2.05, 4.69) is 0 Å². The lowest BCUT2D eigenvalue weighted by Crippen LogP contribution is -2.09. The van der Waals surface area contributed by atoms with E-state index in [4.69, 9.17) is 22.7 Å². The van der Waals surface area contributed by atoms with Gasteiger partial charge in [0.25, 0.3) is 0 Å². The highest BCUT2D eigenvalue weighted by atomic mass is 32.1. The minimum absolute atomic E-state index is 0.400.